The molecule has 1 N–H and O–H groups in total. The highest BCUT2D eigenvalue weighted by Gasteiger charge is 2.32. The molecule has 3 aromatic carbocycles. The van der Waals surface area contributed by atoms with Gasteiger partial charge in [-0.2, -0.15) is 0 Å². The van der Waals surface area contributed by atoms with Crippen molar-refractivity contribution in [1.29, 1.82) is 0 Å². The van der Waals surface area contributed by atoms with Crippen molar-refractivity contribution < 1.29 is 9.59 Å². The van der Waals surface area contributed by atoms with E-state index in [-0.39, 0.29) is 17.2 Å². The Kier molecular flexibility index (Phi) is 6.56. The lowest BCUT2D eigenvalue weighted by atomic mass is 10.1. The molecule has 31 heavy (non-hydrogen) atoms. The van der Waals surface area contributed by atoms with Crippen LogP contribution in [0.25, 0.3) is 0 Å². The van der Waals surface area contributed by atoms with Crippen molar-refractivity contribution in [3.8, 4) is 0 Å². The lowest BCUT2D eigenvalue weighted by Crippen LogP contribution is -2.27. The molecule has 0 unspecified atom stereocenters. The first kappa shape index (κ1) is 21.8. The standard InChI is InChI=1S/C24H20Cl2N2O2S/c1-15-2-11-20(12-21(15)26)27-23(30)17-5-7-18(8-6-17)24-28(22(29)14-31-24)13-16-3-9-19(25)10-4-16/h2-12,24H,13-14H2,1H3,(H,27,30)/t24-/m0/s1. The van der Waals surface area contributed by atoms with E-state index in [2.05, 4.69) is 5.32 Å². The second-order valence-electron chi connectivity index (χ2n) is 7.35. The number of carbonyl (C=O) groups excluding carboxylic acids is 2. The summed E-state index contributed by atoms with van der Waals surface area (Å²) in [6, 6.07) is 20.3. The van der Waals surface area contributed by atoms with Crippen LogP contribution in [0.2, 0.25) is 10.0 Å². The van der Waals surface area contributed by atoms with Crippen molar-refractivity contribution in [1.82, 2.24) is 4.90 Å². The van der Waals surface area contributed by atoms with Gasteiger partial charge in [0.2, 0.25) is 5.91 Å². The van der Waals surface area contributed by atoms with Gasteiger partial charge in [0, 0.05) is 27.8 Å². The highest BCUT2D eigenvalue weighted by molar-refractivity contribution is 8.00. The number of nitrogens with zero attached hydrogens (tertiary/aromatic N) is 1. The fourth-order valence-corrected chi connectivity index (χ4v) is 4.86. The molecule has 0 spiro atoms. The Morgan fingerprint density at radius 1 is 1.06 bits per heavy atom. The predicted molar refractivity (Wildman–Crippen MR) is 128 cm³/mol. The molecule has 4 nitrogen and oxygen atoms in total. The van der Waals surface area contributed by atoms with Crippen molar-refractivity contribution in [3.05, 3.63) is 99.0 Å². The van der Waals surface area contributed by atoms with Crippen LogP contribution >= 0.6 is 35.0 Å². The summed E-state index contributed by atoms with van der Waals surface area (Å²) in [6.07, 6.45) is 0. The maximum Gasteiger partial charge on any atom is 0.255 e. The SMILES string of the molecule is Cc1ccc(NC(=O)c2ccc([C@@H]3SCC(=O)N3Cc3ccc(Cl)cc3)cc2)cc1Cl. The van der Waals surface area contributed by atoms with E-state index in [0.29, 0.717) is 33.6 Å². The van der Waals surface area contributed by atoms with Crippen LogP contribution in [0, 0.1) is 6.92 Å². The molecule has 0 bridgehead atoms. The van der Waals surface area contributed by atoms with Crippen LogP contribution in [0.15, 0.2) is 66.7 Å². The van der Waals surface area contributed by atoms with Gasteiger partial charge in [0.15, 0.2) is 0 Å². The Hall–Kier alpha value is -2.47. The number of amides is 2. The van der Waals surface area contributed by atoms with Crippen molar-refractivity contribution in [3.63, 3.8) is 0 Å². The smallest absolute Gasteiger partial charge is 0.255 e. The van der Waals surface area contributed by atoms with Crippen LogP contribution in [0.4, 0.5) is 5.69 Å². The zero-order valence-electron chi connectivity index (χ0n) is 16.8. The molecule has 1 heterocycles. The molecule has 2 amide bonds. The molecular formula is C24H20Cl2N2O2S. The van der Waals surface area contributed by atoms with Crippen molar-refractivity contribution >= 4 is 52.5 Å². The van der Waals surface area contributed by atoms with E-state index in [9.17, 15) is 9.59 Å². The van der Waals surface area contributed by atoms with Crippen LogP contribution in [-0.2, 0) is 11.3 Å². The molecule has 0 aromatic heterocycles. The number of halogens is 2. The number of hydrogen-bond acceptors (Lipinski definition) is 3. The number of carbonyl (C=O) groups is 2. The number of nitrogens with one attached hydrogen (secondary N) is 1. The summed E-state index contributed by atoms with van der Waals surface area (Å²) in [4.78, 5) is 26.9. The Labute approximate surface area is 195 Å². The summed E-state index contributed by atoms with van der Waals surface area (Å²) < 4.78 is 0. The van der Waals surface area contributed by atoms with Gasteiger partial charge in [-0.15, -0.1) is 11.8 Å². The lowest BCUT2D eigenvalue weighted by Gasteiger charge is -2.24. The minimum absolute atomic E-state index is 0.0869. The first-order valence-corrected chi connectivity index (χ1v) is 11.5. The average Bonchev–Trinajstić information content (AvgIpc) is 3.12. The minimum atomic E-state index is -0.209. The maximum absolute atomic E-state index is 12.6. The van der Waals surface area contributed by atoms with Gasteiger partial charge < -0.3 is 10.2 Å². The molecule has 0 saturated carbocycles. The van der Waals surface area contributed by atoms with E-state index >= 15 is 0 Å². The van der Waals surface area contributed by atoms with E-state index in [1.54, 1.807) is 30.0 Å². The van der Waals surface area contributed by atoms with Gasteiger partial charge in [0.25, 0.3) is 5.91 Å². The van der Waals surface area contributed by atoms with Crippen LogP contribution in [-0.4, -0.2) is 22.5 Å². The van der Waals surface area contributed by atoms with Crippen LogP contribution in [0.1, 0.15) is 32.4 Å². The monoisotopic (exact) mass is 470 g/mol. The van der Waals surface area contributed by atoms with Gasteiger partial charge >= 0.3 is 0 Å². The molecule has 1 aliphatic rings. The first-order valence-electron chi connectivity index (χ1n) is 9.74. The molecule has 4 rings (SSSR count). The highest BCUT2D eigenvalue weighted by Crippen LogP contribution is 2.39. The maximum atomic E-state index is 12.6. The molecule has 1 saturated heterocycles. The summed E-state index contributed by atoms with van der Waals surface area (Å²) in [7, 11) is 0. The first-order chi connectivity index (χ1) is 14.9. The second-order valence-corrected chi connectivity index (χ2v) is 9.26. The normalized spacial score (nSPS) is 15.9. The van der Waals surface area contributed by atoms with E-state index in [4.69, 9.17) is 23.2 Å². The average molecular weight is 471 g/mol. The van der Waals surface area contributed by atoms with Gasteiger partial charge in [0.05, 0.1) is 5.75 Å². The van der Waals surface area contributed by atoms with Gasteiger partial charge in [-0.25, -0.2) is 0 Å². The van der Waals surface area contributed by atoms with Gasteiger partial charge in [-0.1, -0.05) is 53.5 Å². The summed E-state index contributed by atoms with van der Waals surface area (Å²) in [5.41, 5.74) is 4.16. The van der Waals surface area contributed by atoms with E-state index < -0.39 is 0 Å². The quantitative estimate of drug-likeness (QED) is 0.473. The molecule has 1 atom stereocenters. The van der Waals surface area contributed by atoms with Gasteiger partial charge in [-0.05, 0) is 60.0 Å². The third kappa shape index (κ3) is 5.06. The van der Waals surface area contributed by atoms with Crippen LogP contribution in [0.5, 0.6) is 0 Å². The third-order valence-electron chi connectivity index (χ3n) is 5.12. The van der Waals surface area contributed by atoms with Gasteiger partial charge in [-0.3, -0.25) is 9.59 Å². The zero-order chi connectivity index (χ0) is 22.0. The summed E-state index contributed by atoms with van der Waals surface area (Å²) in [6.45, 7) is 2.43. The number of anilines is 1. The van der Waals surface area contributed by atoms with Crippen LogP contribution in [0.3, 0.4) is 0 Å². The summed E-state index contributed by atoms with van der Waals surface area (Å²) in [5.74, 6) is 0.331. The number of rotatable bonds is 5. The zero-order valence-corrected chi connectivity index (χ0v) is 19.1. The Balaban J connectivity index is 1.47. The number of benzene rings is 3. The molecular weight excluding hydrogens is 451 g/mol. The largest absolute Gasteiger partial charge is 0.322 e. The lowest BCUT2D eigenvalue weighted by molar-refractivity contribution is -0.128. The molecule has 158 valence electrons. The topological polar surface area (TPSA) is 49.4 Å². The summed E-state index contributed by atoms with van der Waals surface area (Å²) in [5, 5.41) is 4.06. The molecule has 1 fully saturated rings. The van der Waals surface area contributed by atoms with E-state index in [1.807, 2.05) is 60.4 Å². The Morgan fingerprint density at radius 3 is 2.45 bits per heavy atom. The van der Waals surface area contributed by atoms with E-state index in [0.717, 1.165) is 16.7 Å². The predicted octanol–water partition coefficient (Wildman–Crippen LogP) is 6.33. The highest BCUT2D eigenvalue weighted by atomic mass is 35.5. The van der Waals surface area contributed by atoms with Crippen molar-refractivity contribution in [2.75, 3.05) is 11.1 Å². The summed E-state index contributed by atoms with van der Waals surface area (Å²) >= 11 is 13.7. The number of aryl methyl sites for hydroxylation is 1. The second kappa shape index (κ2) is 9.35. The third-order valence-corrected chi connectivity index (χ3v) is 7.04. The molecule has 7 heteroatoms. The Bertz CT molecular complexity index is 1120. The fourth-order valence-electron chi connectivity index (χ4n) is 3.36. The number of thioether (sulfide) groups is 1. The Morgan fingerprint density at radius 2 is 1.77 bits per heavy atom. The van der Waals surface area contributed by atoms with Crippen molar-refractivity contribution in [2.45, 2.75) is 18.8 Å². The van der Waals surface area contributed by atoms with Gasteiger partial charge in [0.1, 0.15) is 5.37 Å². The van der Waals surface area contributed by atoms with E-state index in [1.165, 1.54) is 0 Å². The minimum Gasteiger partial charge on any atom is -0.322 e. The molecule has 0 radical (unpaired) electrons. The molecule has 1 aliphatic heterocycles. The molecule has 0 aliphatic carbocycles. The fraction of sp³-hybridized carbons (Fsp3) is 0.167. The van der Waals surface area contributed by atoms with Crippen molar-refractivity contribution in [2.24, 2.45) is 0 Å². The molecule has 3 aromatic rings. The number of hydrogen-bond donors (Lipinski definition) is 1. The van der Waals surface area contributed by atoms with Crippen LogP contribution < -0.4 is 5.32 Å².